The van der Waals surface area contributed by atoms with Crippen molar-refractivity contribution in [1.82, 2.24) is 9.80 Å². The van der Waals surface area contributed by atoms with Crippen LogP contribution in [0.2, 0.25) is 0 Å². The number of amides is 3. The zero-order valence-electron chi connectivity index (χ0n) is 25.7. The fourth-order valence-corrected chi connectivity index (χ4v) is 6.59. The van der Waals surface area contributed by atoms with Gasteiger partial charge in [0.1, 0.15) is 6.04 Å². The van der Waals surface area contributed by atoms with E-state index in [1.807, 2.05) is 78.9 Å². The number of rotatable bonds is 8. The zero-order chi connectivity index (χ0) is 32.4. The van der Waals surface area contributed by atoms with Gasteiger partial charge in [0.25, 0.3) is 0 Å². The molecule has 0 aromatic heterocycles. The first-order chi connectivity index (χ1) is 22.2. The van der Waals surface area contributed by atoms with Crippen molar-refractivity contribution in [3.05, 3.63) is 125 Å². The molecule has 0 spiro atoms. The molecule has 3 amide bonds. The van der Waals surface area contributed by atoms with Crippen molar-refractivity contribution in [3.8, 4) is 11.1 Å². The highest BCUT2D eigenvalue weighted by atomic mass is 16.6. The summed E-state index contributed by atoms with van der Waals surface area (Å²) in [5, 5.41) is 23.8. The molecule has 0 bridgehead atoms. The third kappa shape index (κ3) is 6.06. The number of carboxylic acid groups (broad SMARTS) is 1. The second kappa shape index (κ2) is 13.1. The summed E-state index contributed by atoms with van der Waals surface area (Å²) in [4.78, 5) is 41.2. The molecule has 0 radical (unpaired) electrons. The number of aliphatic hydroxyl groups is 1. The minimum absolute atomic E-state index is 0.278. The average molecular weight is 620 g/mol. The van der Waals surface area contributed by atoms with E-state index >= 15 is 0 Å². The van der Waals surface area contributed by atoms with Crippen LogP contribution in [-0.2, 0) is 16.0 Å². The van der Waals surface area contributed by atoms with Crippen molar-refractivity contribution in [2.45, 2.75) is 56.5 Å². The van der Waals surface area contributed by atoms with Gasteiger partial charge in [-0.25, -0.2) is 9.59 Å². The van der Waals surface area contributed by atoms with Gasteiger partial charge in [0.05, 0.1) is 12.1 Å². The van der Waals surface area contributed by atoms with Crippen LogP contribution in [0.4, 0.5) is 15.3 Å². The molecule has 1 fully saturated rings. The van der Waals surface area contributed by atoms with Crippen molar-refractivity contribution in [2.24, 2.45) is 0 Å². The second-order valence-electron chi connectivity index (χ2n) is 12.0. The molecule has 46 heavy (non-hydrogen) atoms. The van der Waals surface area contributed by atoms with Gasteiger partial charge in [-0.15, -0.1) is 0 Å². The van der Waals surface area contributed by atoms with E-state index in [0.717, 1.165) is 27.8 Å². The van der Waals surface area contributed by atoms with E-state index in [0.29, 0.717) is 30.5 Å². The van der Waals surface area contributed by atoms with Crippen LogP contribution < -0.4 is 5.32 Å². The number of hydrogen-bond donors (Lipinski definition) is 3. The van der Waals surface area contributed by atoms with Crippen LogP contribution in [-0.4, -0.2) is 63.3 Å². The summed E-state index contributed by atoms with van der Waals surface area (Å²) in [5.41, 5.74) is 6.04. The molecule has 236 valence electrons. The Kier molecular flexibility index (Phi) is 8.76. The molecule has 2 aliphatic rings. The Morgan fingerprint density at radius 1 is 0.870 bits per heavy atom. The van der Waals surface area contributed by atoms with Crippen LogP contribution in [0.5, 0.6) is 0 Å². The zero-order valence-corrected chi connectivity index (χ0v) is 25.7. The van der Waals surface area contributed by atoms with E-state index in [1.54, 1.807) is 38.2 Å². The molecule has 0 unspecified atom stereocenters. The van der Waals surface area contributed by atoms with Crippen LogP contribution in [0.1, 0.15) is 54.2 Å². The lowest BCUT2D eigenvalue weighted by Crippen LogP contribution is -2.44. The number of carbonyl (C=O) groups is 3. The second-order valence-corrected chi connectivity index (χ2v) is 12.0. The molecule has 9 heteroatoms. The molecule has 3 N–H and O–H groups in total. The smallest absolute Gasteiger partial charge is 0.411 e. The minimum Gasteiger partial charge on any atom is -0.465 e. The highest BCUT2D eigenvalue weighted by Crippen LogP contribution is 2.45. The largest absolute Gasteiger partial charge is 0.465 e. The predicted molar refractivity (Wildman–Crippen MR) is 174 cm³/mol. The molecular formula is C37H37N3O6. The van der Waals surface area contributed by atoms with Crippen LogP contribution in [0, 0.1) is 0 Å². The lowest BCUT2D eigenvalue weighted by Gasteiger charge is -2.31. The molecule has 9 nitrogen and oxygen atoms in total. The molecule has 4 atom stereocenters. The standard InChI is InChI=1S/C37H37N3O6/c1-23(39(2)37(45)46-34-30-14-8-6-12-28(30)29-13-7-9-15-31(29)34)35(42)38-26-18-16-24(17-19-26)22-27-20-21-32(40(27)36(43)44)33(41)25-10-4-3-5-11-25/h3-19,23,27,32-34,41H,20-22H2,1-2H3,(H,38,42)(H,43,44)/t23-,27-,32+,33+/m0/s1. The number of likely N-dealkylation sites (N-methyl/N-ethyl adjacent to an activating group) is 1. The number of nitrogens with zero attached hydrogens (tertiary/aromatic N) is 2. The summed E-state index contributed by atoms with van der Waals surface area (Å²) in [6.45, 7) is 1.64. The predicted octanol–water partition coefficient (Wildman–Crippen LogP) is 6.64. The topological polar surface area (TPSA) is 119 Å². The van der Waals surface area contributed by atoms with Crippen LogP contribution in [0.15, 0.2) is 103 Å². The van der Waals surface area contributed by atoms with Gasteiger partial charge in [-0.2, -0.15) is 0 Å². The van der Waals surface area contributed by atoms with Gasteiger partial charge < -0.3 is 20.3 Å². The summed E-state index contributed by atoms with van der Waals surface area (Å²) in [6, 6.07) is 30.4. The summed E-state index contributed by atoms with van der Waals surface area (Å²) in [7, 11) is 1.54. The van der Waals surface area contributed by atoms with E-state index in [9.17, 15) is 24.6 Å². The Morgan fingerprint density at radius 2 is 1.46 bits per heavy atom. The van der Waals surface area contributed by atoms with Crippen LogP contribution >= 0.6 is 0 Å². The monoisotopic (exact) mass is 619 g/mol. The summed E-state index contributed by atoms with van der Waals surface area (Å²) < 4.78 is 5.94. The normalized spacial score (nSPS) is 18.3. The van der Waals surface area contributed by atoms with E-state index in [-0.39, 0.29) is 11.9 Å². The number of likely N-dealkylation sites (tertiary alicyclic amines) is 1. The molecule has 1 heterocycles. The molecular weight excluding hydrogens is 582 g/mol. The third-order valence-corrected chi connectivity index (χ3v) is 9.21. The molecule has 1 aliphatic carbocycles. The molecule has 4 aromatic carbocycles. The van der Waals surface area contributed by atoms with Gasteiger partial charge in [-0.1, -0.05) is 91.0 Å². The number of carbonyl (C=O) groups excluding carboxylic acids is 2. The van der Waals surface area contributed by atoms with Gasteiger partial charge in [-0.3, -0.25) is 14.6 Å². The van der Waals surface area contributed by atoms with Crippen molar-refractivity contribution >= 4 is 23.8 Å². The fourth-order valence-electron chi connectivity index (χ4n) is 6.59. The van der Waals surface area contributed by atoms with Gasteiger partial charge >= 0.3 is 12.2 Å². The van der Waals surface area contributed by atoms with Gasteiger partial charge in [0.15, 0.2) is 6.10 Å². The minimum atomic E-state index is -1.05. The number of hydrogen-bond acceptors (Lipinski definition) is 5. The number of anilines is 1. The molecule has 1 saturated heterocycles. The Morgan fingerprint density at radius 3 is 2.07 bits per heavy atom. The van der Waals surface area contributed by atoms with Crippen molar-refractivity contribution in [2.75, 3.05) is 12.4 Å². The van der Waals surface area contributed by atoms with Crippen molar-refractivity contribution in [1.29, 1.82) is 0 Å². The summed E-state index contributed by atoms with van der Waals surface area (Å²) in [5.74, 6) is -0.370. The highest BCUT2D eigenvalue weighted by molar-refractivity contribution is 5.96. The molecule has 1 aliphatic heterocycles. The van der Waals surface area contributed by atoms with Gasteiger partial charge in [0, 0.05) is 29.9 Å². The number of fused-ring (bicyclic) bond motifs is 3. The van der Waals surface area contributed by atoms with Crippen molar-refractivity contribution < 1.29 is 29.3 Å². The van der Waals surface area contributed by atoms with Gasteiger partial charge in [-0.05, 0) is 60.6 Å². The average Bonchev–Trinajstić information content (AvgIpc) is 3.64. The maximum Gasteiger partial charge on any atom is 0.411 e. The fraction of sp³-hybridized carbons (Fsp3) is 0.270. The van der Waals surface area contributed by atoms with E-state index < -0.39 is 36.5 Å². The van der Waals surface area contributed by atoms with E-state index in [2.05, 4.69) is 5.32 Å². The van der Waals surface area contributed by atoms with Crippen molar-refractivity contribution in [3.63, 3.8) is 0 Å². The van der Waals surface area contributed by atoms with E-state index in [4.69, 9.17) is 4.74 Å². The lowest BCUT2D eigenvalue weighted by molar-refractivity contribution is -0.120. The number of aliphatic hydroxyl groups excluding tert-OH is 1. The Hall–Kier alpha value is -5.15. The Bertz CT molecular complexity index is 1680. The first kappa shape index (κ1) is 30.9. The Balaban J connectivity index is 1.06. The quantitative estimate of drug-likeness (QED) is 0.204. The highest BCUT2D eigenvalue weighted by Gasteiger charge is 2.41. The first-order valence-corrected chi connectivity index (χ1v) is 15.5. The number of nitrogens with one attached hydrogen (secondary N) is 1. The summed E-state index contributed by atoms with van der Waals surface area (Å²) >= 11 is 0. The van der Waals surface area contributed by atoms with Gasteiger partial charge in [0.2, 0.25) is 5.91 Å². The Labute approximate surface area is 268 Å². The molecule has 4 aromatic rings. The first-order valence-electron chi connectivity index (χ1n) is 15.5. The SMILES string of the molecule is C[C@@H](C(=O)Nc1ccc(C[C@@H]2CC[C@H]([C@H](O)c3ccccc3)N2C(=O)O)cc1)N(C)C(=O)OC1c2ccccc2-c2ccccc21. The maximum atomic E-state index is 13.2. The molecule has 6 rings (SSSR count). The summed E-state index contributed by atoms with van der Waals surface area (Å²) in [6.07, 6.45) is -1.43. The molecule has 0 saturated carbocycles. The van der Waals surface area contributed by atoms with Crippen LogP contribution in [0.3, 0.4) is 0 Å². The third-order valence-electron chi connectivity index (χ3n) is 9.21. The lowest BCUT2D eigenvalue weighted by atomic mass is 10.0. The maximum absolute atomic E-state index is 13.2. The van der Waals surface area contributed by atoms with E-state index in [1.165, 1.54) is 9.80 Å². The van der Waals surface area contributed by atoms with Crippen LogP contribution in [0.25, 0.3) is 11.1 Å². The number of benzene rings is 4. The number of ether oxygens (including phenoxy) is 1.